The van der Waals surface area contributed by atoms with Gasteiger partial charge >= 0.3 is 0 Å². The summed E-state index contributed by atoms with van der Waals surface area (Å²) in [5.41, 5.74) is 0. The number of methoxy groups -OCH3 is 1. The molecule has 0 atom stereocenters. The fourth-order valence-corrected chi connectivity index (χ4v) is 1.49. The van der Waals surface area contributed by atoms with Crippen LogP contribution in [0.3, 0.4) is 0 Å². The molecule has 0 spiro atoms. The van der Waals surface area contributed by atoms with Gasteiger partial charge in [-0.05, 0) is 12.1 Å². The minimum absolute atomic E-state index is 0. The Morgan fingerprint density at radius 3 is 2.23 bits per heavy atom. The molecule has 0 aliphatic carbocycles. The van der Waals surface area contributed by atoms with Gasteiger partial charge in [-0.3, -0.25) is 4.55 Å². The maximum atomic E-state index is 10.7. The minimum Gasteiger partial charge on any atom is -0.495 e. The third kappa shape index (κ3) is 3.00. The van der Waals surface area contributed by atoms with Crippen molar-refractivity contribution in [1.82, 2.24) is 0 Å². The third-order valence-corrected chi connectivity index (χ3v) is 2.24. The summed E-state index contributed by atoms with van der Waals surface area (Å²) in [5, 5.41) is 0. The van der Waals surface area contributed by atoms with Crippen LogP contribution in [0.25, 0.3) is 0 Å². The van der Waals surface area contributed by atoms with E-state index in [0.717, 1.165) is 0 Å². The molecular weight excluding hydrogens is 236 g/mol. The van der Waals surface area contributed by atoms with E-state index in [-0.39, 0.29) is 27.7 Å². The van der Waals surface area contributed by atoms with E-state index in [4.69, 9.17) is 9.29 Å². The zero-order valence-electron chi connectivity index (χ0n) is 6.74. The molecule has 13 heavy (non-hydrogen) atoms. The minimum atomic E-state index is -4.17. The molecule has 0 aromatic heterocycles. The van der Waals surface area contributed by atoms with Gasteiger partial charge in [0.05, 0.1) is 7.11 Å². The fraction of sp³-hybridized carbons (Fsp3) is 0.143. The molecule has 0 aliphatic rings. The van der Waals surface area contributed by atoms with Crippen molar-refractivity contribution in [3.8, 4) is 5.75 Å². The van der Waals surface area contributed by atoms with Crippen LogP contribution in [0.4, 0.5) is 0 Å². The van der Waals surface area contributed by atoms with Gasteiger partial charge in [-0.25, -0.2) is 0 Å². The average Bonchev–Trinajstić information content (AvgIpc) is 2.03. The largest absolute Gasteiger partial charge is 0.495 e. The van der Waals surface area contributed by atoms with Crippen LogP contribution in [-0.2, 0) is 27.2 Å². The Morgan fingerprint density at radius 2 is 1.85 bits per heavy atom. The van der Waals surface area contributed by atoms with Gasteiger partial charge in [-0.15, -0.1) is 0 Å². The first-order chi connectivity index (χ1) is 5.55. The average molecular weight is 244 g/mol. The van der Waals surface area contributed by atoms with E-state index >= 15 is 0 Å². The fourth-order valence-electron chi connectivity index (χ4n) is 0.832. The number of hydrogen-bond donors (Lipinski definition) is 1. The summed E-state index contributed by atoms with van der Waals surface area (Å²) in [7, 11) is -2.83. The molecule has 0 heterocycles. The van der Waals surface area contributed by atoms with Crippen LogP contribution in [0.2, 0.25) is 0 Å². The number of rotatable bonds is 2. The molecule has 74 valence electrons. The summed E-state index contributed by atoms with van der Waals surface area (Å²) in [4.78, 5) is -0.215. The predicted octanol–water partition coefficient (Wildman–Crippen LogP) is 0.939. The van der Waals surface area contributed by atoms with Gasteiger partial charge in [0.1, 0.15) is 10.6 Å². The monoisotopic (exact) mass is 244 g/mol. The molecule has 0 amide bonds. The summed E-state index contributed by atoms with van der Waals surface area (Å²) in [6.45, 7) is 0. The van der Waals surface area contributed by atoms with Crippen LogP contribution in [-0.4, -0.2) is 20.1 Å². The van der Waals surface area contributed by atoms with E-state index in [2.05, 4.69) is 0 Å². The van der Waals surface area contributed by atoms with Crippen molar-refractivity contribution in [2.45, 2.75) is 4.90 Å². The van der Waals surface area contributed by atoms with Crippen molar-refractivity contribution < 1.29 is 34.8 Å². The van der Waals surface area contributed by atoms with Crippen LogP contribution < -0.4 is 4.74 Å². The quantitative estimate of drug-likeness (QED) is 0.621. The summed E-state index contributed by atoms with van der Waals surface area (Å²) >= 11 is 0. The summed E-state index contributed by atoms with van der Waals surface area (Å²) in [6, 6.07) is 5.86. The Morgan fingerprint density at radius 1 is 1.31 bits per heavy atom. The molecule has 0 bridgehead atoms. The molecule has 0 saturated carbocycles. The summed E-state index contributed by atoms with van der Waals surface area (Å²) < 4.78 is 34.8. The number of ether oxygens (including phenoxy) is 1. The van der Waals surface area contributed by atoms with Gasteiger partial charge in [0.15, 0.2) is 0 Å². The van der Waals surface area contributed by atoms with Crippen molar-refractivity contribution in [3.63, 3.8) is 0 Å². The Labute approximate surface area is 87.1 Å². The maximum absolute atomic E-state index is 10.7. The maximum Gasteiger partial charge on any atom is 0.298 e. The van der Waals surface area contributed by atoms with Crippen molar-refractivity contribution in [2.24, 2.45) is 0 Å². The van der Waals surface area contributed by atoms with E-state index in [1.807, 2.05) is 0 Å². The van der Waals surface area contributed by atoms with Crippen molar-refractivity contribution in [3.05, 3.63) is 24.3 Å². The number of hydrogen-bond acceptors (Lipinski definition) is 3. The van der Waals surface area contributed by atoms with Crippen molar-refractivity contribution >= 4 is 10.1 Å². The van der Waals surface area contributed by atoms with Gasteiger partial charge < -0.3 is 4.74 Å². The third-order valence-electron chi connectivity index (χ3n) is 1.35. The van der Waals surface area contributed by atoms with Crippen molar-refractivity contribution in [2.75, 3.05) is 7.11 Å². The first-order valence-electron chi connectivity index (χ1n) is 3.16. The van der Waals surface area contributed by atoms with E-state index in [0.29, 0.717) is 0 Å². The molecule has 4 nitrogen and oxygen atoms in total. The molecule has 0 radical (unpaired) electrons. The second kappa shape index (κ2) is 4.62. The molecule has 1 rings (SSSR count). The zero-order chi connectivity index (χ0) is 9.19. The first-order valence-corrected chi connectivity index (χ1v) is 4.60. The van der Waals surface area contributed by atoms with Gasteiger partial charge in [-0.1, -0.05) is 12.1 Å². The smallest absolute Gasteiger partial charge is 0.298 e. The van der Waals surface area contributed by atoms with Crippen LogP contribution in [0.15, 0.2) is 29.2 Å². The Bertz CT molecular complexity index is 374. The molecule has 1 aromatic carbocycles. The van der Waals surface area contributed by atoms with E-state index in [9.17, 15) is 8.42 Å². The Hall–Kier alpha value is -0.551. The van der Waals surface area contributed by atoms with Crippen LogP contribution in [0.1, 0.15) is 0 Å². The molecule has 1 N–H and O–H groups in total. The Kier molecular flexibility index (Phi) is 4.42. The SMILES string of the molecule is COc1ccccc1S(=O)(=O)O.[Fe]. The van der Waals surface area contributed by atoms with E-state index < -0.39 is 10.1 Å². The number of benzene rings is 1. The van der Waals surface area contributed by atoms with Gasteiger partial charge in [0.2, 0.25) is 0 Å². The number of para-hydroxylation sites is 1. The zero-order valence-corrected chi connectivity index (χ0v) is 8.66. The molecule has 0 unspecified atom stereocenters. The molecule has 0 fully saturated rings. The van der Waals surface area contributed by atoms with Crippen LogP contribution >= 0.6 is 0 Å². The summed E-state index contributed by atoms with van der Waals surface area (Å²) in [6.07, 6.45) is 0. The molecular formula is C7H8FeO4S. The van der Waals surface area contributed by atoms with E-state index in [1.54, 1.807) is 6.07 Å². The Balaban J connectivity index is 0.00000144. The summed E-state index contributed by atoms with van der Waals surface area (Å²) in [5.74, 6) is 0.139. The van der Waals surface area contributed by atoms with E-state index in [1.165, 1.54) is 25.3 Å². The topological polar surface area (TPSA) is 63.6 Å². The molecule has 6 heteroatoms. The normalized spacial score (nSPS) is 10.3. The molecule has 0 aliphatic heterocycles. The van der Waals surface area contributed by atoms with Crippen LogP contribution in [0, 0.1) is 0 Å². The predicted molar refractivity (Wildman–Crippen MR) is 42.8 cm³/mol. The van der Waals surface area contributed by atoms with Gasteiger partial charge in [-0.2, -0.15) is 8.42 Å². The standard InChI is InChI=1S/C7H8O4S.Fe/c1-11-6-4-2-3-5-7(6)12(8,9)10;/h2-5H,1H3,(H,8,9,10);. The first kappa shape index (κ1) is 12.4. The van der Waals surface area contributed by atoms with Gasteiger partial charge in [0, 0.05) is 17.1 Å². The second-order valence-corrected chi connectivity index (χ2v) is 3.52. The van der Waals surface area contributed by atoms with Crippen LogP contribution in [0.5, 0.6) is 5.75 Å². The van der Waals surface area contributed by atoms with Crippen molar-refractivity contribution in [1.29, 1.82) is 0 Å². The second-order valence-electron chi connectivity index (χ2n) is 2.13. The molecule has 0 saturated heterocycles. The van der Waals surface area contributed by atoms with Gasteiger partial charge in [0.25, 0.3) is 10.1 Å². The molecule has 1 aromatic rings.